The van der Waals surface area contributed by atoms with E-state index in [0.717, 1.165) is 12.8 Å². The fourth-order valence-electron chi connectivity index (χ4n) is 3.10. The molecule has 1 fully saturated rings. The van der Waals surface area contributed by atoms with Crippen molar-refractivity contribution in [2.24, 2.45) is 5.92 Å². The molecule has 0 bridgehead atoms. The fourth-order valence-corrected chi connectivity index (χ4v) is 3.10. The molecule has 6 heteroatoms. The molecule has 1 aliphatic heterocycles. The molecule has 1 aliphatic rings. The Kier molecular flexibility index (Phi) is 6.54. The number of aromatic nitrogens is 2. The number of hydrogen-bond donors (Lipinski definition) is 1. The van der Waals surface area contributed by atoms with Gasteiger partial charge in [-0.3, -0.25) is 9.59 Å². The second-order valence-electron chi connectivity index (χ2n) is 7.05. The summed E-state index contributed by atoms with van der Waals surface area (Å²) >= 11 is 0. The van der Waals surface area contributed by atoms with Crippen molar-refractivity contribution in [2.45, 2.75) is 59.5 Å². The molecule has 0 unspecified atom stereocenters. The van der Waals surface area contributed by atoms with Gasteiger partial charge in [0.05, 0.1) is 19.1 Å². The lowest BCUT2D eigenvalue weighted by Gasteiger charge is -2.33. The summed E-state index contributed by atoms with van der Waals surface area (Å²) in [7, 11) is 0. The second kappa shape index (κ2) is 8.42. The van der Waals surface area contributed by atoms with Crippen LogP contribution in [0.2, 0.25) is 0 Å². The quantitative estimate of drug-likeness (QED) is 0.862. The van der Waals surface area contributed by atoms with Gasteiger partial charge in [0.2, 0.25) is 5.91 Å². The van der Waals surface area contributed by atoms with E-state index in [4.69, 9.17) is 4.74 Å². The summed E-state index contributed by atoms with van der Waals surface area (Å²) in [4.78, 5) is 33.4. The van der Waals surface area contributed by atoms with Crippen LogP contribution in [0.3, 0.4) is 0 Å². The number of hydrogen-bond acceptors (Lipinski definition) is 4. The molecule has 1 aromatic rings. The second-order valence-corrected chi connectivity index (χ2v) is 7.05. The molecule has 1 atom stereocenters. The molecule has 134 valence electrons. The molecule has 0 saturated carbocycles. The third-order valence-corrected chi connectivity index (χ3v) is 4.47. The number of carbonyl (C=O) groups excluding carboxylic acids is 1. The van der Waals surface area contributed by atoms with Crippen LogP contribution in [0.15, 0.2) is 4.79 Å². The Morgan fingerprint density at radius 2 is 2.17 bits per heavy atom. The maximum atomic E-state index is 12.6. The number of morpholine rings is 1. The van der Waals surface area contributed by atoms with E-state index in [1.807, 2.05) is 4.90 Å². The molecule has 1 amide bonds. The van der Waals surface area contributed by atoms with Crippen LogP contribution in [0.1, 0.15) is 50.2 Å². The minimum atomic E-state index is -0.213. The third-order valence-electron chi connectivity index (χ3n) is 4.47. The maximum absolute atomic E-state index is 12.6. The van der Waals surface area contributed by atoms with Crippen LogP contribution < -0.4 is 5.56 Å². The zero-order valence-electron chi connectivity index (χ0n) is 15.2. The van der Waals surface area contributed by atoms with Gasteiger partial charge >= 0.3 is 0 Å². The highest BCUT2D eigenvalue weighted by Gasteiger charge is 2.25. The zero-order valence-corrected chi connectivity index (χ0v) is 15.2. The van der Waals surface area contributed by atoms with Crippen LogP contribution in [-0.2, 0) is 16.0 Å². The van der Waals surface area contributed by atoms with Crippen LogP contribution in [0, 0.1) is 19.8 Å². The summed E-state index contributed by atoms with van der Waals surface area (Å²) in [5.41, 5.74) is 0.884. The van der Waals surface area contributed by atoms with Crippen LogP contribution >= 0.6 is 0 Å². The van der Waals surface area contributed by atoms with Gasteiger partial charge in [-0.15, -0.1) is 0 Å². The minimum Gasteiger partial charge on any atom is -0.375 e. The number of nitrogens with zero attached hydrogens (tertiary/aromatic N) is 2. The highest BCUT2D eigenvalue weighted by molar-refractivity contribution is 5.79. The van der Waals surface area contributed by atoms with E-state index in [-0.39, 0.29) is 24.0 Å². The van der Waals surface area contributed by atoms with Crippen molar-refractivity contribution in [2.75, 3.05) is 19.7 Å². The summed E-state index contributed by atoms with van der Waals surface area (Å²) < 4.78 is 5.78. The van der Waals surface area contributed by atoms with Crippen LogP contribution in [0.5, 0.6) is 0 Å². The Balaban J connectivity index is 1.94. The molecular formula is C18H29N3O3. The monoisotopic (exact) mass is 335 g/mol. The van der Waals surface area contributed by atoms with Gasteiger partial charge in [-0.05, 0) is 26.2 Å². The van der Waals surface area contributed by atoms with Crippen molar-refractivity contribution in [1.29, 1.82) is 0 Å². The van der Waals surface area contributed by atoms with E-state index in [0.29, 0.717) is 42.7 Å². The van der Waals surface area contributed by atoms with Crippen molar-refractivity contribution in [3.63, 3.8) is 0 Å². The number of rotatable bonds is 6. The van der Waals surface area contributed by atoms with E-state index in [1.54, 1.807) is 13.8 Å². The molecule has 2 rings (SSSR count). The van der Waals surface area contributed by atoms with Crippen LogP contribution in [0.4, 0.5) is 0 Å². The largest absolute Gasteiger partial charge is 0.375 e. The van der Waals surface area contributed by atoms with Gasteiger partial charge in [0.1, 0.15) is 5.82 Å². The van der Waals surface area contributed by atoms with E-state index in [1.165, 1.54) is 6.42 Å². The maximum Gasteiger partial charge on any atom is 0.254 e. The van der Waals surface area contributed by atoms with E-state index in [9.17, 15) is 9.59 Å². The topological polar surface area (TPSA) is 75.3 Å². The van der Waals surface area contributed by atoms with Crippen LogP contribution in [0.25, 0.3) is 0 Å². The summed E-state index contributed by atoms with van der Waals surface area (Å²) in [5.74, 6) is 1.24. The molecule has 1 aromatic heterocycles. The van der Waals surface area contributed by atoms with E-state index >= 15 is 0 Å². The summed E-state index contributed by atoms with van der Waals surface area (Å²) in [6, 6.07) is 0. The van der Waals surface area contributed by atoms with Gasteiger partial charge in [0.25, 0.3) is 5.56 Å². The van der Waals surface area contributed by atoms with Crippen LogP contribution in [-0.4, -0.2) is 46.6 Å². The molecule has 1 N–H and O–H groups in total. The molecular weight excluding hydrogens is 306 g/mol. The first-order chi connectivity index (χ1) is 11.4. The number of aromatic amines is 1. The van der Waals surface area contributed by atoms with Gasteiger partial charge in [-0.25, -0.2) is 4.98 Å². The predicted octanol–water partition coefficient (Wildman–Crippen LogP) is 1.98. The Hall–Kier alpha value is -1.69. The zero-order chi connectivity index (χ0) is 17.7. The Morgan fingerprint density at radius 3 is 2.83 bits per heavy atom. The smallest absolute Gasteiger partial charge is 0.254 e. The van der Waals surface area contributed by atoms with E-state index in [2.05, 4.69) is 23.8 Å². The highest BCUT2D eigenvalue weighted by atomic mass is 16.5. The van der Waals surface area contributed by atoms with Crippen molar-refractivity contribution in [3.8, 4) is 0 Å². The number of H-pyrrole nitrogens is 1. The predicted molar refractivity (Wildman–Crippen MR) is 93.0 cm³/mol. The average Bonchev–Trinajstić information content (AvgIpc) is 2.50. The van der Waals surface area contributed by atoms with Crippen molar-refractivity contribution >= 4 is 5.91 Å². The van der Waals surface area contributed by atoms with Gasteiger partial charge in [-0.1, -0.05) is 26.7 Å². The normalized spacial score (nSPS) is 18.2. The van der Waals surface area contributed by atoms with Gasteiger partial charge in [-0.2, -0.15) is 0 Å². The Bertz CT molecular complexity index is 624. The summed E-state index contributed by atoms with van der Waals surface area (Å²) in [6.45, 7) is 9.73. The van der Waals surface area contributed by atoms with Crippen molar-refractivity contribution in [3.05, 3.63) is 27.4 Å². The first-order valence-corrected chi connectivity index (χ1v) is 8.82. The molecule has 24 heavy (non-hydrogen) atoms. The van der Waals surface area contributed by atoms with Gasteiger partial charge in [0.15, 0.2) is 0 Å². The first kappa shape index (κ1) is 18.6. The molecule has 6 nitrogen and oxygen atoms in total. The molecule has 2 heterocycles. The Morgan fingerprint density at radius 1 is 1.42 bits per heavy atom. The SMILES string of the molecule is Cc1nc(C)c(CC(=O)N2CCO[C@H](CCCC(C)C)C2)c(=O)[nH]1. The molecule has 0 aliphatic carbocycles. The Labute approximate surface area is 143 Å². The minimum absolute atomic E-state index is 0.0218. The molecule has 1 saturated heterocycles. The first-order valence-electron chi connectivity index (χ1n) is 8.82. The van der Waals surface area contributed by atoms with Gasteiger partial charge < -0.3 is 14.6 Å². The molecule has 0 radical (unpaired) electrons. The third kappa shape index (κ3) is 5.16. The number of amides is 1. The molecule has 0 aromatic carbocycles. The number of aryl methyl sites for hydroxylation is 2. The van der Waals surface area contributed by atoms with Crippen molar-refractivity contribution < 1.29 is 9.53 Å². The number of ether oxygens (including phenoxy) is 1. The lowest BCUT2D eigenvalue weighted by atomic mass is 10.0. The highest BCUT2D eigenvalue weighted by Crippen LogP contribution is 2.15. The fraction of sp³-hybridized carbons (Fsp3) is 0.722. The van der Waals surface area contributed by atoms with Crippen molar-refractivity contribution in [1.82, 2.24) is 14.9 Å². The molecule has 0 spiro atoms. The lowest BCUT2D eigenvalue weighted by Crippen LogP contribution is -2.46. The average molecular weight is 335 g/mol. The van der Waals surface area contributed by atoms with E-state index < -0.39 is 0 Å². The van der Waals surface area contributed by atoms with Gasteiger partial charge in [0, 0.05) is 24.3 Å². The number of nitrogens with one attached hydrogen (secondary N) is 1. The summed E-state index contributed by atoms with van der Waals surface area (Å²) in [5, 5.41) is 0. The lowest BCUT2D eigenvalue weighted by molar-refractivity contribution is -0.138. The summed E-state index contributed by atoms with van der Waals surface area (Å²) in [6.07, 6.45) is 3.49. The standard InChI is InChI=1S/C18H29N3O3/c1-12(2)6-5-7-15-11-21(8-9-24-15)17(22)10-16-13(3)19-14(4)20-18(16)23/h12,15H,5-11H2,1-4H3,(H,19,20,23)/t15-/m1/s1. The number of carbonyl (C=O) groups is 1.